The highest BCUT2D eigenvalue weighted by atomic mass is 32.1. The van der Waals surface area contributed by atoms with Gasteiger partial charge in [-0.05, 0) is 42.8 Å². The molecule has 4 rings (SSSR count). The quantitative estimate of drug-likeness (QED) is 0.554. The van der Waals surface area contributed by atoms with Crippen molar-refractivity contribution in [2.45, 2.75) is 13.5 Å². The monoisotopic (exact) mass is 379 g/mol. The van der Waals surface area contributed by atoms with Gasteiger partial charge in [-0.2, -0.15) is 5.10 Å². The standard InChI is InChI=1S/C19H17N5O2S/c1-2-26-15-7-8-16-17(9-15)27-19(22-16)23-18(25)14-5-3-13(4-6-14)10-24-12-20-11-21-24/h3-9,11-12H,2,10H2,1H3,(H,22,23,25). The summed E-state index contributed by atoms with van der Waals surface area (Å²) in [5.41, 5.74) is 2.45. The maximum Gasteiger partial charge on any atom is 0.257 e. The zero-order chi connectivity index (χ0) is 18.6. The van der Waals surface area contributed by atoms with E-state index in [1.54, 1.807) is 23.1 Å². The fourth-order valence-electron chi connectivity index (χ4n) is 2.65. The number of aromatic nitrogens is 4. The predicted molar refractivity (Wildman–Crippen MR) is 104 cm³/mol. The molecule has 0 spiro atoms. The van der Waals surface area contributed by atoms with Crippen molar-refractivity contribution in [2.75, 3.05) is 11.9 Å². The summed E-state index contributed by atoms with van der Waals surface area (Å²) in [5, 5.41) is 7.50. The maximum atomic E-state index is 12.5. The highest BCUT2D eigenvalue weighted by molar-refractivity contribution is 7.22. The summed E-state index contributed by atoms with van der Waals surface area (Å²) in [4.78, 5) is 20.9. The Hall–Kier alpha value is -3.26. The van der Waals surface area contributed by atoms with Crippen LogP contribution in [-0.4, -0.2) is 32.3 Å². The fraction of sp³-hybridized carbons (Fsp3) is 0.158. The van der Waals surface area contributed by atoms with E-state index in [9.17, 15) is 4.79 Å². The third-order valence-corrected chi connectivity index (χ3v) is 4.85. The lowest BCUT2D eigenvalue weighted by molar-refractivity contribution is 0.102. The number of nitrogens with one attached hydrogen (secondary N) is 1. The minimum absolute atomic E-state index is 0.189. The second-order valence-electron chi connectivity index (χ2n) is 5.83. The lowest BCUT2D eigenvalue weighted by atomic mass is 10.1. The lowest BCUT2D eigenvalue weighted by Crippen LogP contribution is -2.11. The Morgan fingerprint density at radius 1 is 1.22 bits per heavy atom. The first-order valence-corrected chi connectivity index (χ1v) is 9.29. The minimum Gasteiger partial charge on any atom is -0.494 e. The molecule has 0 fully saturated rings. The normalized spacial score (nSPS) is 10.9. The number of carbonyl (C=O) groups is 1. The number of rotatable bonds is 6. The van der Waals surface area contributed by atoms with Gasteiger partial charge in [-0.1, -0.05) is 23.5 Å². The molecule has 4 aromatic rings. The summed E-state index contributed by atoms with van der Waals surface area (Å²) in [6.45, 7) is 3.17. The van der Waals surface area contributed by atoms with Crippen LogP contribution in [0.4, 0.5) is 5.13 Å². The van der Waals surface area contributed by atoms with Crippen LogP contribution in [0.25, 0.3) is 10.2 Å². The van der Waals surface area contributed by atoms with Crippen LogP contribution in [0.1, 0.15) is 22.8 Å². The molecule has 2 heterocycles. The Labute approximate surface area is 159 Å². The van der Waals surface area contributed by atoms with Crippen LogP contribution in [0.5, 0.6) is 5.75 Å². The average molecular weight is 379 g/mol. The molecule has 0 aliphatic rings. The summed E-state index contributed by atoms with van der Waals surface area (Å²) in [6, 6.07) is 13.1. The minimum atomic E-state index is -0.189. The van der Waals surface area contributed by atoms with Crippen molar-refractivity contribution < 1.29 is 9.53 Å². The number of carbonyl (C=O) groups excluding carboxylic acids is 1. The Kier molecular flexibility index (Phi) is 4.80. The van der Waals surface area contributed by atoms with E-state index in [0.717, 1.165) is 21.5 Å². The van der Waals surface area contributed by atoms with E-state index in [-0.39, 0.29) is 5.91 Å². The third kappa shape index (κ3) is 3.95. The molecule has 0 unspecified atom stereocenters. The Balaban J connectivity index is 1.46. The predicted octanol–water partition coefficient (Wildman–Crippen LogP) is 3.59. The van der Waals surface area contributed by atoms with E-state index in [1.807, 2.05) is 37.3 Å². The number of amides is 1. The summed E-state index contributed by atoms with van der Waals surface area (Å²) < 4.78 is 8.20. The number of nitrogens with zero attached hydrogens (tertiary/aromatic N) is 4. The molecular formula is C19H17N5O2S. The zero-order valence-electron chi connectivity index (χ0n) is 14.6. The highest BCUT2D eigenvalue weighted by Crippen LogP contribution is 2.29. The van der Waals surface area contributed by atoms with Gasteiger partial charge in [0.1, 0.15) is 18.4 Å². The summed E-state index contributed by atoms with van der Waals surface area (Å²) in [6.07, 6.45) is 3.15. The van der Waals surface area contributed by atoms with Crippen molar-refractivity contribution in [2.24, 2.45) is 0 Å². The number of fused-ring (bicyclic) bond motifs is 1. The second-order valence-corrected chi connectivity index (χ2v) is 6.86. The van der Waals surface area contributed by atoms with Crippen LogP contribution >= 0.6 is 11.3 Å². The molecule has 27 heavy (non-hydrogen) atoms. The number of hydrogen-bond acceptors (Lipinski definition) is 6. The molecule has 0 bridgehead atoms. The molecule has 0 saturated heterocycles. The van der Waals surface area contributed by atoms with Crippen molar-refractivity contribution in [1.82, 2.24) is 19.7 Å². The Morgan fingerprint density at radius 2 is 2.07 bits per heavy atom. The molecule has 7 nitrogen and oxygen atoms in total. The molecule has 0 radical (unpaired) electrons. The first-order valence-electron chi connectivity index (χ1n) is 8.47. The van der Waals surface area contributed by atoms with E-state index in [0.29, 0.717) is 23.8 Å². The largest absolute Gasteiger partial charge is 0.494 e. The fourth-order valence-corrected chi connectivity index (χ4v) is 3.54. The smallest absolute Gasteiger partial charge is 0.257 e. The molecule has 2 aromatic heterocycles. The lowest BCUT2D eigenvalue weighted by Gasteiger charge is -2.04. The summed E-state index contributed by atoms with van der Waals surface area (Å²) in [5.74, 6) is 0.612. The highest BCUT2D eigenvalue weighted by Gasteiger charge is 2.11. The van der Waals surface area contributed by atoms with Crippen molar-refractivity contribution in [1.29, 1.82) is 0 Å². The van der Waals surface area contributed by atoms with Crippen molar-refractivity contribution in [3.8, 4) is 5.75 Å². The molecule has 0 atom stereocenters. The van der Waals surface area contributed by atoms with E-state index in [1.165, 1.54) is 17.7 Å². The molecule has 8 heteroatoms. The molecular weight excluding hydrogens is 362 g/mol. The van der Waals surface area contributed by atoms with Gasteiger partial charge in [0, 0.05) is 5.56 Å². The number of thiazole rings is 1. The first-order chi connectivity index (χ1) is 13.2. The molecule has 0 aliphatic carbocycles. The Bertz CT molecular complexity index is 1060. The number of anilines is 1. The van der Waals surface area contributed by atoms with Crippen LogP contribution in [-0.2, 0) is 6.54 Å². The van der Waals surface area contributed by atoms with Gasteiger partial charge in [0.2, 0.25) is 0 Å². The van der Waals surface area contributed by atoms with Gasteiger partial charge in [0.05, 0.1) is 23.4 Å². The number of ether oxygens (including phenoxy) is 1. The van der Waals surface area contributed by atoms with Crippen molar-refractivity contribution in [3.63, 3.8) is 0 Å². The zero-order valence-corrected chi connectivity index (χ0v) is 15.4. The first kappa shape index (κ1) is 17.2. The van der Waals surface area contributed by atoms with Crippen molar-refractivity contribution in [3.05, 3.63) is 66.2 Å². The second kappa shape index (κ2) is 7.55. The number of hydrogen-bond donors (Lipinski definition) is 1. The maximum absolute atomic E-state index is 12.5. The summed E-state index contributed by atoms with van der Waals surface area (Å²) >= 11 is 1.42. The van der Waals surface area contributed by atoms with Gasteiger partial charge in [-0.15, -0.1) is 0 Å². The third-order valence-electron chi connectivity index (χ3n) is 3.92. The molecule has 1 amide bonds. The topological polar surface area (TPSA) is 81.9 Å². The van der Waals surface area contributed by atoms with E-state index >= 15 is 0 Å². The van der Waals surface area contributed by atoms with Crippen LogP contribution in [0.2, 0.25) is 0 Å². The van der Waals surface area contributed by atoms with E-state index in [2.05, 4.69) is 20.4 Å². The van der Waals surface area contributed by atoms with Crippen LogP contribution in [0.3, 0.4) is 0 Å². The van der Waals surface area contributed by atoms with Crippen molar-refractivity contribution >= 4 is 32.6 Å². The van der Waals surface area contributed by atoms with Gasteiger partial charge >= 0.3 is 0 Å². The van der Waals surface area contributed by atoms with Gasteiger partial charge in [0.15, 0.2) is 5.13 Å². The summed E-state index contributed by atoms with van der Waals surface area (Å²) in [7, 11) is 0. The molecule has 136 valence electrons. The average Bonchev–Trinajstić information content (AvgIpc) is 3.31. The van der Waals surface area contributed by atoms with Crippen LogP contribution in [0, 0.1) is 0 Å². The van der Waals surface area contributed by atoms with Gasteiger partial charge in [-0.25, -0.2) is 14.6 Å². The molecule has 1 N–H and O–H groups in total. The van der Waals surface area contributed by atoms with Gasteiger partial charge in [0.25, 0.3) is 5.91 Å². The SMILES string of the molecule is CCOc1ccc2nc(NC(=O)c3ccc(Cn4cncn4)cc3)sc2c1. The van der Waals surface area contributed by atoms with Crippen LogP contribution in [0.15, 0.2) is 55.1 Å². The molecule has 0 saturated carbocycles. The van der Waals surface area contributed by atoms with Gasteiger partial charge < -0.3 is 4.74 Å². The van der Waals surface area contributed by atoms with E-state index < -0.39 is 0 Å². The van der Waals surface area contributed by atoms with E-state index in [4.69, 9.17) is 4.74 Å². The number of benzene rings is 2. The molecule has 2 aromatic carbocycles. The van der Waals surface area contributed by atoms with Gasteiger partial charge in [-0.3, -0.25) is 10.1 Å². The molecule has 0 aliphatic heterocycles. The van der Waals surface area contributed by atoms with Crippen LogP contribution < -0.4 is 10.1 Å². The Morgan fingerprint density at radius 3 is 2.81 bits per heavy atom.